The zero-order valence-electron chi connectivity index (χ0n) is 13.4. The van der Waals surface area contributed by atoms with E-state index < -0.39 is 40.9 Å². The zero-order chi connectivity index (χ0) is 19.5. The van der Waals surface area contributed by atoms with Gasteiger partial charge >= 0.3 is 18.3 Å². The summed E-state index contributed by atoms with van der Waals surface area (Å²) in [6.07, 6.45) is -11.0. The molecule has 26 heavy (non-hydrogen) atoms. The van der Waals surface area contributed by atoms with Gasteiger partial charge in [-0.1, -0.05) is 0 Å². The van der Waals surface area contributed by atoms with Gasteiger partial charge in [0, 0.05) is 29.4 Å². The third kappa shape index (κ3) is 3.20. The number of carbonyl (C=O) groups is 1. The number of hydrogen-bond acceptors (Lipinski definition) is 4. The molecule has 146 valence electrons. The lowest BCUT2D eigenvalue weighted by atomic mass is 9.81. The van der Waals surface area contributed by atoms with Crippen LogP contribution in [0.25, 0.3) is 0 Å². The molecule has 1 amide bonds. The average Bonchev–Trinajstić information content (AvgIpc) is 2.97. The maximum atomic E-state index is 13.0. The summed E-state index contributed by atoms with van der Waals surface area (Å²) in [5.74, 6) is -1.97. The van der Waals surface area contributed by atoms with Crippen molar-refractivity contribution in [2.45, 2.75) is 49.9 Å². The Kier molecular flexibility index (Phi) is 4.56. The Hall–Kier alpha value is -1.33. The number of aliphatic hydroxyl groups is 1. The molecule has 1 N–H and O–H groups in total. The first-order valence-electron chi connectivity index (χ1n) is 7.76. The molecule has 1 aromatic rings. The van der Waals surface area contributed by atoms with E-state index in [-0.39, 0.29) is 36.4 Å². The van der Waals surface area contributed by atoms with Crippen LogP contribution in [0.15, 0.2) is 6.07 Å². The number of rotatable bonds is 0. The van der Waals surface area contributed by atoms with Gasteiger partial charge in [-0.25, -0.2) is 0 Å². The molecule has 0 aliphatic carbocycles. The molecule has 4 nitrogen and oxygen atoms in total. The number of likely N-dealkylation sites (tertiary alicyclic amines) is 1. The second kappa shape index (κ2) is 6.10. The molecule has 3 atom stereocenters. The Morgan fingerprint density at radius 3 is 2.54 bits per heavy atom. The van der Waals surface area contributed by atoms with Gasteiger partial charge in [0.25, 0.3) is 0 Å². The van der Waals surface area contributed by atoms with E-state index in [1.165, 1.54) is 6.92 Å². The summed E-state index contributed by atoms with van der Waals surface area (Å²) in [4.78, 5) is 11.5. The normalized spacial score (nSPS) is 29.8. The maximum Gasteiger partial charge on any atom is 0.471 e. The second-order valence-electron chi connectivity index (χ2n) is 6.51. The van der Waals surface area contributed by atoms with Crippen molar-refractivity contribution < 1.29 is 41.0 Å². The van der Waals surface area contributed by atoms with Gasteiger partial charge in [0.1, 0.15) is 16.6 Å². The number of fused-ring (bicyclic) bond motifs is 2. The van der Waals surface area contributed by atoms with E-state index in [2.05, 4.69) is 0 Å². The van der Waals surface area contributed by atoms with Crippen molar-refractivity contribution >= 4 is 17.2 Å². The highest BCUT2D eigenvalue weighted by Gasteiger charge is 2.52. The van der Waals surface area contributed by atoms with Gasteiger partial charge in [-0.3, -0.25) is 4.79 Å². The van der Waals surface area contributed by atoms with Gasteiger partial charge in [-0.2, -0.15) is 26.3 Å². The van der Waals surface area contributed by atoms with Crippen LogP contribution in [0.4, 0.5) is 26.3 Å². The topological polar surface area (TPSA) is 49.8 Å². The van der Waals surface area contributed by atoms with Gasteiger partial charge in [-0.15, -0.1) is 11.3 Å². The fourth-order valence-corrected chi connectivity index (χ4v) is 4.82. The fraction of sp³-hybridized carbons (Fsp3) is 0.667. The SMILES string of the molecule is C[C@H]1C[C@@]2(CCN1C(=O)C(F)(F)F)OC[C@@H](O)c1cc(C(F)(F)F)sc12. The van der Waals surface area contributed by atoms with Gasteiger partial charge in [0.05, 0.1) is 6.61 Å². The predicted octanol–water partition coefficient (Wildman–Crippen LogP) is 3.60. The highest BCUT2D eigenvalue weighted by Crippen LogP contribution is 2.51. The zero-order valence-corrected chi connectivity index (χ0v) is 14.3. The van der Waals surface area contributed by atoms with Crippen LogP contribution in [0.5, 0.6) is 0 Å². The number of carbonyl (C=O) groups excluding carboxylic acids is 1. The highest BCUT2D eigenvalue weighted by atomic mass is 32.1. The van der Waals surface area contributed by atoms with Crippen molar-refractivity contribution in [3.63, 3.8) is 0 Å². The maximum absolute atomic E-state index is 13.0. The minimum Gasteiger partial charge on any atom is -0.386 e. The number of piperidine rings is 1. The molecule has 0 bridgehead atoms. The summed E-state index contributed by atoms with van der Waals surface area (Å²) in [7, 11) is 0. The molecule has 3 heterocycles. The van der Waals surface area contributed by atoms with Crippen molar-refractivity contribution in [3.05, 3.63) is 21.4 Å². The number of aliphatic hydroxyl groups excluding tert-OH is 1. The number of nitrogens with zero attached hydrogens (tertiary/aromatic N) is 1. The molecule has 0 radical (unpaired) electrons. The number of alkyl halides is 6. The van der Waals surface area contributed by atoms with Crippen molar-refractivity contribution in [3.8, 4) is 0 Å². The second-order valence-corrected chi connectivity index (χ2v) is 7.57. The Balaban J connectivity index is 1.93. The molecule has 2 aliphatic rings. The van der Waals surface area contributed by atoms with E-state index in [0.717, 1.165) is 6.07 Å². The molecule has 1 spiro atoms. The Bertz CT molecular complexity index is 715. The largest absolute Gasteiger partial charge is 0.471 e. The first kappa shape index (κ1) is 19.4. The molecule has 0 saturated carbocycles. The molecule has 1 fully saturated rings. The van der Waals surface area contributed by atoms with E-state index in [9.17, 15) is 36.2 Å². The molecule has 0 aromatic carbocycles. The average molecular weight is 403 g/mol. The van der Waals surface area contributed by atoms with E-state index in [4.69, 9.17) is 4.74 Å². The quantitative estimate of drug-likeness (QED) is 0.674. The molecule has 1 saturated heterocycles. The molecular weight excluding hydrogens is 388 g/mol. The highest BCUT2D eigenvalue weighted by molar-refractivity contribution is 7.12. The van der Waals surface area contributed by atoms with Gasteiger partial charge in [0.15, 0.2) is 0 Å². The monoisotopic (exact) mass is 403 g/mol. The number of hydrogen-bond donors (Lipinski definition) is 1. The van der Waals surface area contributed by atoms with Crippen LogP contribution in [0.2, 0.25) is 0 Å². The minimum atomic E-state index is -5.01. The first-order valence-corrected chi connectivity index (χ1v) is 8.58. The standard InChI is InChI=1S/C15H15F6NO3S/c1-7-5-13(2-3-22(7)12(24)15(19,20)21)11-8(9(23)6-25-13)4-10(26-11)14(16,17)18/h4,7,9,23H,2-3,5-6H2,1H3/t7-,9+,13+/m0/s1. The summed E-state index contributed by atoms with van der Waals surface area (Å²) in [5.41, 5.74) is -1.14. The Morgan fingerprint density at radius 1 is 1.35 bits per heavy atom. The van der Waals surface area contributed by atoms with E-state index in [1.807, 2.05) is 0 Å². The Morgan fingerprint density at radius 2 is 2.00 bits per heavy atom. The number of amides is 1. The third-order valence-corrected chi connectivity index (χ3v) is 6.13. The summed E-state index contributed by atoms with van der Waals surface area (Å²) < 4.78 is 82.8. The van der Waals surface area contributed by atoms with E-state index >= 15 is 0 Å². The van der Waals surface area contributed by atoms with Gasteiger partial charge in [0.2, 0.25) is 0 Å². The van der Waals surface area contributed by atoms with Crippen molar-refractivity contribution in [1.82, 2.24) is 4.90 Å². The third-order valence-electron chi connectivity index (χ3n) is 4.75. The van der Waals surface area contributed by atoms with Gasteiger partial charge < -0.3 is 14.7 Å². The van der Waals surface area contributed by atoms with Crippen LogP contribution in [0.3, 0.4) is 0 Å². The lowest BCUT2D eigenvalue weighted by Crippen LogP contribution is -2.55. The van der Waals surface area contributed by atoms with Crippen LogP contribution in [0, 0.1) is 0 Å². The van der Waals surface area contributed by atoms with E-state index in [1.54, 1.807) is 0 Å². The lowest BCUT2D eigenvalue weighted by Gasteiger charge is -2.47. The molecule has 2 aliphatic heterocycles. The van der Waals surface area contributed by atoms with Crippen LogP contribution in [0.1, 0.15) is 41.2 Å². The summed E-state index contributed by atoms with van der Waals surface area (Å²) >= 11 is 0.433. The van der Waals surface area contributed by atoms with Crippen molar-refractivity contribution in [2.75, 3.05) is 13.2 Å². The van der Waals surface area contributed by atoms with Crippen LogP contribution in [-0.4, -0.2) is 41.3 Å². The molecule has 11 heteroatoms. The number of thiophene rings is 1. The smallest absolute Gasteiger partial charge is 0.386 e. The summed E-state index contributed by atoms with van der Waals surface area (Å²) in [6.45, 7) is 0.853. The van der Waals surface area contributed by atoms with Crippen LogP contribution in [-0.2, 0) is 21.3 Å². The van der Waals surface area contributed by atoms with E-state index in [0.29, 0.717) is 16.2 Å². The van der Waals surface area contributed by atoms with Gasteiger partial charge in [-0.05, 0) is 19.4 Å². The lowest BCUT2D eigenvalue weighted by molar-refractivity contribution is -0.196. The molecule has 1 aromatic heterocycles. The number of ether oxygens (including phenoxy) is 1. The predicted molar refractivity (Wildman–Crippen MR) is 78.4 cm³/mol. The molecule has 3 rings (SSSR count). The first-order chi connectivity index (χ1) is 11.8. The minimum absolute atomic E-state index is 0.0727. The fourth-order valence-electron chi connectivity index (χ4n) is 3.55. The summed E-state index contributed by atoms with van der Waals surface area (Å²) in [6, 6.07) is -0.00950. The Labute approximate surface area is 148 Å². The summed E-state index contributed by atoms with van der Waals surface area (Å²) in [5, 5.41) is 9.97. The van der Waals surface area contributed by atoms with Crippen molar-refractivity contribution in [2.24, 2.45) is 0 Å². The molecular formula is C15H15F6NO3S. The van der Waals surface area contributed by atoms with Crippen LogP contribution < -0.4 is 0 Å². The van der Waals surface area contributed by atoms with Crippen LogP contribution >= 0.6 is 11.3 Å². The van der Waals surface area contributed by atoms with Crippen molar-refractivity contribution in [1.29, 1.82) is 0 Å². The molecule has 0 unspecified atom stereocenters. The number of halogens is 6.